The number of guanidine groups is 1. The van der Waals surface area contributed by atoms with Gasteiger partial charge in [0.05, 0.1) is 0 Å². The van der Waals surface area contributed by atoms with Crippen LogP contribution in [0, 0.1) is 0 Å². The van der Waals surface area contributed by atoms with E-state index in [4.69, 9.17) is 0 Å². The first-order valence-electron chi connectivity index (χ1n) is 8.39. The largest absolute Gasteiger partial charge is 0.356 e. The zero-order valence-electron chi connectivity index (χ0n) is 15.5. The topological polar surface area (TPSA) is 56.7 Å². The van der Waals surface area contributed by atoms with Crippen molar-refractivity contribution in [2.75, 3.05) is 32.5 Å². The molecule has 2 N–H and O–H groups in total. The van der Waals surface area contributed by atoms with Crippen LogP contribution in [0.15, 0.2) is 46.8 Å². The van der Waals surface area contributed by atoms with E-state index < -0.39 is 0 Å². The number of carbonyl (C=O) groups excluding carboxylic acids is 1. The standard InChI is InChI=1S/C19H26N4OS.HI/c1-15(24)22-17-8-6-16(7-9-17)10-12-21-19(20-2)23(3)13-11-18-5-4-14-25-18;/h4-9,14H,10-13H2,1-3H3,(H,20,21)(H,22,24);1H. The summed E-state index contributed by atoms with van der Waals surface area (Å²) in [6.45, 7) is 3.26. The molecular formula is C19H27IN4OS. The minimum absolute atomic E-state index is 0. The smallest absolute Gasteiger partial charge is 0.221 e. The molecule has 1 aromatic heterocycles. The number of rotatable bonds is 7. The Bertz CT molecular complexity index is 686. The number of nitrogens with zero attached hydrogens (tertiary/aromatic N) is 2. The normalized spacial score (nSPS) is 10.8. The van der Waals surface area contributed by atoms with Crippen molar-refractivity contribution in [3.05, 3.63) is 52.2 Å². The summed E-state index contributed by atoms with van der Waals surface area (Å²) in [4.78, 5) is 18.9. The van der Waals surface area contributed by atoms with Crippen molar-refractivity contribution < 1.29 is 4.79 Å². The zero-order valence-corrected chi connectivity index (χ0v) is 18.6. The molecule has 0 fully saturated rings. The van der Waals surface area contributed by atoms with Gasteiger partial charge in [0.15, 0.2) is 5.96 Å². The molecule has 1 amide bonds. The quantitative estimate of drug-likeness (QED) is 0.357. The summed E-state index contributed by atoms with van der Waals surface area (Å²) in [5, 5.41) is 8.29. The summed E-state index contributed by atoms with van der Waals surface area (Å²) in [6, 6.07) is 12.2. The Morgan fingerprint density at radius 2 is 1.92 bits per heavy atom. The predicted octanol–water partition coefficient (Wildman–Crippen LogP) is 3.62. The number of anilines is 1. The average molecular weight is 486 g/mol. The SMILES string of the molecule is CN=C(NCCc1ccc(NC(C)=O)cc1)N(C)CCc1cccs1.I. The minimum Gasteiger partial charge on any atom is -0.356 e. The summed E-state index contributed by atoms with van der Waals surface area (Å²) in [6.07, 6.45) is 1.93. The molecular weight excluding hydrogens is 459 g/mol. The van der Waals surface area contributed by atoms with Gasteiger partial charge < -0.3 is 15.5 Å². The third-order valence-electron chi connectivity index (χ3n) is 3.82. The number of carbonyl (C=O) groups is 1. The number of amides is 1. The molecule has 7 heteroatoms. The highest BCUT2D eigenvalue weighted by atomic mass is 127. The van der Waals surface area contributed by atoms with Gasteiger partial charge in [-0.3, -0.25) is 9.79 Å². The summed E-state index contributed by atoms with van der Waals surface area (Å²) in [5.41, 5.74) is 2.05. The molecule has 0 bridgehead atoms. The molecule has 2 aromatic rings. The number of hydrogen-bond donors (Lipinski definition) is 2. The molecule has 0 spiro atoms. The lowest BCUT2D eigenvalue weighted by Crippen LogP contribution is -2.40. The summed E-state index contributed by atoms with van der Waals surface area (Å²) >= 11 is 1.79. The molecule has 0 atom stereocenters. The average Bonchev–Trinajstić information content (AvgIpc) is 3.11. The monoisotopic (exact) mass is 486 g/mol. The van der Waals surface area contributed by atoms with Crippen molar-refractivity contribution in [2.45, 2.75) is 19.8 Å². The molecule has 5 nitrogen and oxygen atoms in total. The number of benzene rings is 1. The van der Waals surface area contributed by atoms with Crippen LogP contribution in [0.1, 0.15) is 17.4 Å². The predicted molar refractivity (Wildman–Crippen MR) is 122 cm³/mol. The lowest BCUT2D eigenvalue weighted by atomic mass is 10.1. The molecule has 0 saturated heterocycles. The van der Waals surface area contributed by atoms with E-state index in [1.165, 1.54) is 17.4 Å². The second-order valence-corrected chi connectivity index (χ2v) is 6.89. The summed E-state index contributed by atoms with van der Waals surface area (Å²) in [5.74, 6) is 0.857. The Balaban J connectivity index is 0.00000338. The van der Waals surface area contributed by atoms with Gasteiger partial charge in [-0.25, -0.2) is 0 Å². The molecule has 0 unspecified atom stereocenters. The minimum atomic E-state index is -0.0520. The molecule has 142 valence electrons. The molecule has 1 aromatic carbocycles. The Hall–Kier alpha value is -1.61. The van der Waals surface area contributed by atoms with Crippen LogP contribution < -0.4 is 10.6 Å². The number of thiophene rings is 1. The Morgan fingerprint density at radius 1 is 1.19 bits per heavy atom. The van der Waals surface area contributed by atoms with Crippen LogP contribution in [0.3, 0.4) is 0 Å². The van der Waals surface area contributed by atoms with Crippen molar-refractivity contribution in [3.8, 4) is 0 Å². The van der Waals surface area contributed by atoms with E-state index in [-0.39, 0.29) is 29.9 Å². The van der Waals surface area contributed by atoms with Gasteiger partial charge in [-0.1, -0.05) is 18.2 Å². The van der Waals surface area contributed by atoms with Crippen LogP contribution in [-0.4, -0.2) is 44.0 Å². The van der Waals surface area contributed by atoms with Crippen LogP contribution in [-0.2, 0) is 17.6 Å². The van der Waals surface area contributed by atoms with Crippen molar-refractivity contribution in [3.63, 3.8) is 0 Å². The van der Waals surface area contributed by atoms with Gasteiger partial charge in [0.2, 0.25) is 5.91 Å². The van der Waals surface area contributed by atoms with Gasteiger partial charge in [0, 0.05) is 44.7 Å². The Morgan fingerprint density at radius 3 is 2.50 bits per heavy atom. The van der Waals surface area contributed by atoms with Gasteiger partial charge in [0.25, 0.3) is 0 Å². The maximum atomic E-state index is 11.0. The van der Waals surface area contributed by atoms with Crippen LogP contribution >= 0.6 is 35.3 Å². The lowest BCUT2D eigenvalue weighted by Gasteiger charge is -2.21. The third kappa shape index (κ3) is 7.74. The second-order valence-electron chi connectivity index (χ2n) is 5.85. The number of nitrogens with one attached hydrogen (secondary N) is 2. The highest BCUT2D eigenvalue weighted by Crippen LogP contribution is 2.10. The van der Waals surface area contributed by atoms with Crippen LogP contribution in [0.25, 0.3) is 0 Å². The molecule has 0 radical (unpaired) electrons. The number of halogens is 1. The van der Waals surface area contributed by atoms with E-state index in [0.717, 1.165) is 37.6 Å². The van der Waals surface area contributed by atoms with Crippen molar-refractivity contribution >= 4 is 52.9 Å². The Kier molecular flexibility index (Phi) is 10.3. The van der Waals surface area contributed by atoms with Gasteiger partial charge in [-0.05, 0) is 42.0 Å². The first-order chi connectivity index (χ1) is 12.1. The van der Waals surface area contributed by atoms with Gasteiger partial charge in [-0.2, -0.15) is 0 Å². The maximum Gasteiger partial charge on any atom is 0.221 e. The van der Waals surface area contributed by atoms with Crippen LogP contribution in [0.2, 0.25) is 0 Å². The van der Waals surface area contributed by atoms with Crippen molar-refractivity contribution in [2.24, 2.45) is 4.99 Å². The fraction of sp³-hybridized carbons (Fsp3) is 0.368. The number of likely N-dealkylation sites (N-methyl/N-ethyl adjacent to an activating group) is 1. The molecule has 0 saturated carbocycles. The maximum absolute atomic E-state index is 11.0. The molecule has 26 heavy (non-hydrogen) atoms. The second kappa shape index (κ2) is 11.9. The summed E-state index contributed by atoms with van der Waals surface area (Å²) < 4.78 is 0. The number of aliphatic imine (C=N–C) groups is 1. The molecule has 1 heterocycles. The van der Waals surface area contributed by atoms with Gasteiger partial charge in [0.1, 0.15) is 0 Å². The van der Waals surface area contributed by atoms with E-state index in [9.17, 15) is 4.79 Å². The molecule has 0 aliphatic rings. The highest BCUT2D eigenvalue weighted by Gasteiger charge is 2.06. The molecule has 0 aliphatic heterocycles. The van der Waals surface area contributed by atoms with E-state index in [1.807, 2.05) is 31.3 Å². The summed E-state index contributed by atoms with van der Waals surface area (Å²) in [7, 11) is 3.87. The van der Waals surface area contributed by atoms with Gasteiger partial charge in [-0.15, -0.1) is 35.3 Å². The third-order valence-corrected chi connectivity index (χ3v) is 4.75. The zero-order chi connectivity index (χ0) is 18.1. The van der Waals surface area contributed by atoms with Crippen LogP contribution in [0.5, 0.6) is 0 Å². The van der Waals surface area contributed by atoms with E-state index >= 15 is 0 Å². The van der Waals surface area contributed by atoms with E-state index in [0.29, 0.717) is 0 Å². The Labute approximate surface area is 176 Å². The first kappa shape index (κ1) is 22.4. The molecule has 2 rings (SSSR count). The fourth-order valence-corrected chi connectivity index (χ4v) is 3.20. The van der Waals surface area contributed by atoms with E-state index in [1.54, 1.807) is 11.3 Å². The highest BCUT2D eigenvalue weighted by molar-refractivity contribution is 14.0. The van der Waals surface area contributed by atoms with Gasteiger partial charge >= 0.3 is 0 Å². The lowest BCUT2D eigenvalue weighted by molar-refractivity contribution is -0.114. The fourth-order valence-electron chi connectivity index (χ4n) is 2.50. The van der Waals surface area contributed by atoms with Crippen molar-refractivity contribution in [1.82, 2.24) is 10.2 Å². The van der Waals surface area contributed by atoms with Crippen molar-refractivity contribution in [1.29, 1.82) is 0 Å². The van der Waals surface area contributed by atoms with E-state index in [2.05, 4.69) is 45.1 Å². The number of hydrogen-bond acceptors (Lipinski definition) is 3. The molecule has 0 aliphatic carbocycles. The first-order valence-corrected chi connectivity index (χ1v) is 9.27. The van der Waals surface area contributed by atoms with Crippen LogP contribution in [0.4, 0.5) is 5.69 Å².